The van der Waals surface area contributed by atoms with Gasteiger partial charge in [0, 0.05) is 12.0 Å². The van der Waals surface area contributed by atoms with Gasteiger partial charge >= 0.3 is 0 Å². The van der Waals surface area contributed by atoms with E-state index in [0.717, 1.165) is 4.88 Å². The molecule has 1 aromatic heterocycles. The van der Waals surface area contributed by atoms with Crippen LogP contribution in [0.15, 0.2) is 17.5 Å². The van der Waals surface area contributed by atoms with Gasteiger partial charge in [-0.05, 0) is 25.3 Å². The van der Waals surface area contributed by atoms with E-state index in [1.165, 1.54) is 7.11 Å². The van der Waals surface area contributed by atoms with Gasteiger partial charge in [0.25, 0.3) is 0 Å². The Hall–Kier alpha value is -0.870. The number of thiophene rings is 1. The quantitative estimate of drug-likeness (QED) is 0.830. The number of carbonyl (C=O) groups excluding carboxylic acids is 1. The molecule has 1 heterocycles. The van der Waals surface area contributed by atoms with Crippen molar-refractivity contribution >= 4 is 17.2 Å². The third-order valence-corrected chi connectivity index (χ3v) is 3.11. The number of ether oxygens (including phenoxy) is 1. The molecular formula is C10H15NO2S. The van der Waals surface area contributed by atoms with Crippen LogP contribution in [0.5, 0.6) is 0 Å². The van der Waals surface area contributed by atoms with E-state index in [4.69, 9.17) is 4.74 Å². The van der Waals surface area contributed by atoms with E-state index >= 15 is 0 Å². The average molecular weight is 213 g/mol. The molecule has 0 aliphatic rings. The Bertz CT molecular complexity index is 284. The molecule has 0 spiro atoms. The molecule has 4 heteroatoms. The van der Waals surface area contributed by atoms with Gasteiger partial charge in [-0.3, -0.25) is 4.79 Å². The van der Waals surface area contributed by atoms with E-state index in [1.807, 2.05) is 24.4 Å². The lowest BCUT2D eigenvalue weighted by atomic mass is 10.2. The van der Waals surface area contributed by atoms with Gasteiger partial charge in [0.1, 0.15) is 6.10 Å². The predicted molar refractivity (Wildman–Crippen MR) is 57.3 cm³/mol. The van der Waals surface area contributed by atoms with Crippen LogP contribution in [0.4, 0.5) is 0 Å². The van der Waals surface area contributed by atoms with Crippen molar-refractivity contribution in [2.75, 3.05) is 7.11 Å². The normalized spacial score (nSPS) is 14.8. The van der Waals surface area contributed by atoms with Crippen LogP contribution in [-0.2, 0) is 9.53 Å². The van der Waals surface area contributed by atoms with Crippen LogP contribution in [0, 0.1) is 0 Å². The summed E-state index contributed by atoms with van der Waals surface area (Å²) in [6.07, 6.45) is -0.391. The van der Waals surface area contributed by atoms with Crippen molar-refractivity contribution in [3.8, 4) is 0 Å². The first kappa shape index (κ1) is 11.2. The molecule has 3 nitrogen and oxygen atoms in total. The van der Waals surface area contributed by atoms with E-state index in [0.29, 0.717) is 0 Å². The fraction of sp³-hybridized carbons (Fsp3) is 0.500. The highest BCUT2D eigenvalue weighted by Crippen LogP contribution is 2.18. The first-order valence-corrected chi connectivity index (χ1v) is 5.39. The molecule has 1 amide bonds. The number of hydrogen-bond acceptors (Lipinski definition) is 3. The van der Waals surface area contributed by atoms with E-state index in [1.54, 1.807) is 18.3 Å². The van der Waals surface area contributed by atoms with Crippen LogP contribution < -0.4 is 5.32 Å². The summed E-state index contributed by atoms with van der Waals surface area (Å²) < 4.78 is 4.92. The predicted octanol–water partition coefficient (Wildman–Crippen LogP) is 1.96. The summed E-state index contributed by atoms with van der Waals surface area (Å²) in [7, 11) is 1.53. The Morgan fingerprint density at radius 3 is 2.79 bits per heavy atom. The van der Waals surface area contributed by atoms with Gasteiger partial charge in [0.2, 0.25) is 5.91 Å². The van der Waals surface area contributed by atoms with Gasteiger partial charge in [-0.1, -0.05) is 6.07 Å². The molecule has 0 saturated carbocycles. The summed E-state index contributed by atoms with van der Waals surface area (Å²) in [5.74, 6) is -0.0756. The van der Waals surface area contributed by atoms with Crippen molar-refractivity contribution in [1.29, 1.82) is 0 Å². The van der Waals surface area contributed by atoms with Gasteiger partial charge in [-0.2, -0.15) is 0 Å². The molecule has 0 saturated heterocycles. The Kier molecular flexibility index (Phi) is 4.10. The van der Waals surface area contributed by atoms with E-state index in [2.05, 4.69) is 5.32 Å². The topological polar surface area (TPSA) is 38.3 Å². The molecule has 0 aliphatic carbocycles. The Morgan fingerprint density at radius 2 is 2.29 bits per heavy atom. The number of hydrogen-bond donors (Lipinski definition) is 1. The van der Waals surface area contributed by atoms with Crippen LogP contribution in [-0.4, -0.2) is 19.1 Å². The lowest BCUT2D eigenvalue weighted by Crippen LogP contribution is -2.35. The maximum absolute atomic E-state index is 11.4. The molecule has 1 N–H and O–H groups in total. The standard InChI is InChI=1S/C10H15NO2S/c1-7(9-5-4-6-14-9)11-10(12)8(2)13-3/h4-8H,1-3H3,(H,11,12). The zero-order chi connectivity index (χ0) is 10.6. The zero-order valence-electron chi connectivity index (χ0n) is 8.61. The van der Waals surface area contributed by atoms with Gasteiger partial charge in [-0.15, -0.1) is 11.3 Å². The van der Waals surface area contributed by atoms with Gasteiger partial charge in [0.05, 0.1) is 6.04 Å². The minimum absolute atomic E-state index is 0.0556. The van der Waals surface area contributed by atoms with Crippen molar-refractivity contribution in [1.82, 2.24) is 5.32 Å². The molecular weight excluding hydrogens is 198 g/mol. The molecule has 0 aliphatic heterocycles. The second-order valence-corrected chi connectivity index (χ2v) is 4.10. The lowest BCUT2D eigenvalue weighted by Gasteiger charge is -2.15. The molecule has 2 unspecified atom stereocenters. The number of amides is 1. The molecule has 0 fully saturated rings. The summed E-state index contributed by atoms with van der Waals surface area (Å²) >= 11 is 1.64. The van der Waals surface area contributed by atoms with Crippen LogP contribution >= 0.6 is 11.3 Å². The third kappa shape index (κ3) is 2.82. The van der Waals surface area contributed by atoms with Crippen LogP contribution in [0.2, 0.25) is 0 Å². The summed E-state index contributed by atoms with van der Waals surface area (Å²) in [5.41, 5.74) is 0. The first-order valence-electron chi connectivity index (χ1n) is 4.51. The van der Waals surface area contributed by atoms with Crippen LogP contribution in [0.3, 0.4) is 0 Å². The molecule has 14 heavy (non-hydrogen) atoms. The first-order chi connectivity index (χ1) is 6.65. The number of carbonyl (C=O) groups is 1. The second kappa shape index (κ2) is 5.12. The maximum atomic E-state index is 11.4. The van der Waals surface area contributed by atoms with E-state index in [9.17, 15) is 4.79 Å². The van der Waals surface area contributed by atoms with Gasteiger partial charge < -0.3 is 10.1 Å². The summed E-state index contributed by atoms with van der Waals surface area (Å²) in [6, 6.07) is 4.04. The van der Waals surface area contributed by atoms with Crippen molar-refractivity contribution in [3.63, 3.8) is 0 Å². The van der Waals surface area contributed by atoms with E-state index in [-0.39, 0.29) is 11.9 Å². The fourth-order valence-corrected chi connectivity index (χ4v) is 1.78. The number of methoxy groups -OCH3 is 1. The smallest absolute Gasteiger partial charge is 0.249 e. The van der Waals surface area contributed by atoms with Gasteiger partial charge in [0.15, 0.2) is 0 Å². The minimum atomic E-state index is -0.391. The second-order valence-electron chi connectivity index (χ2n) is 3.12. The highest BCUT2D eigenvalue weighted by atomic mass is 32.1. The molecule has 0 bridgehead atoms. The molecule has 2 atom stereocenters. The maximum Gasteiger partial charge on any atom is 0.249 e. The molecule has 1 aromatic rings. The number of nitrogens with one attached hydrogen (secondary N) is 1. The number of rotatable bonds is 4. The lowest BCUT2D eigenvalue weighted by molar-refractivity contribution is -0.130. The third-order valence-electron chi connectivity index (χ3n) is 2.05. The average Bonchev–Trinajstić information content (AvgIpc) is 2.69. The monoisotopic (exact) mass is 213 g/mol. The van der Waals surface area contributed by atoms with Gasteiger partial charge in [-0.25, -0.2) is 0 Å². The van der Waals surface area contributed by atoms with Crippen molar-refractivity contribution in [3.05, 3.63) is 22.4 Å². The largest absolute Gasteiger partial charge is 0.372 e. The van der Waals surface area contributed by atoms with Crippen molar-refractivity contribution in [2.45, 2.75) is 26.0 Å². The van der Waals surface area contributed by atoms with Crippen LogP contribution in [0.25, 0.3) is 0 Å². The molecule has 78 valence electrons. The highest BCUT2D eigenvalue weighted by Gasteiger charge is 2.15. The highest BCUT2D eigenvalue weighted by molar-refractivity contribution is 7.10. The Morgan fingerprint density at radius 1 is 1.57 bits per heavy atom. The summed E-state index contributed by atoms with van der Waals surface area (Å²) in [5, 5.41) is 4.88. The molecule has 1 rings (SSSR count). The molecule has 0 radical (unpaired) electrons. The van der Waals surface area contributed by atoms with E-state index < -0.39 is 6.10 Å². The minimum Gasteiger partial charge on any atom is -0.372 e. The van der Waals surface area contributed by atoms with Crippen LogP contribution in [0.1, 0.15) is 24.8 Å². The van der Waals surface area contributed by atoms with Crippen molar-refractivity contribution < 1.29 is 9.53 Å². The SMILES string of the molecule is COC(C)C(=O)NC(C)c1cccs1. The zero-order valence-corrected chi connectivity index (χ0v) is 9.43. The van der Waals surface area contributed by atoms with Crippen molar-refractivity contribution in [2.24, 2.45) is 0 Å². The molecule has 0 aromatic carbocycles. The Balaban J connectivity index is 2.49. The summed E-state index contributed by atoms with van der Waals surface area (Å²) in [6.45, 7) is 3.70. The Labute approximate surface area is 88.1 Å². The fourth-order valence-electron chi connectivity index (χ4n) is 1.05. The summed E-state index contributed by atoms with van der Waals surface area (Å²) in [4.78, 5) is 12.6.